The molecule has 1 aromatic heterocycles. The molecule has 0 unspecified atom stereocenters. The number of allylic oxidation sites excluding steroid dienone is 2. The highest BCUT2D eigenvalue weighted by Crippen LogP contribution is 2.20. The average Bonchev–Trinajstić information content (AvgIpc) is 2.29. The molecule has 0 amide bonds. The molecule has 0 radical (unpaired) electrons. The summed E-state index contributed by atoms with van der Waals surface area (Å²) in [4.78, 5) is 14.5. The van der Waals surface area contributed by atoms with Gasteiger partial charge in [0, 0.05) is 0 Å². The third kappa shape index (κ3) is 3.27. The summed E-state index contributed by atoms with van der Waals surface area (Å²) in [6, 6.07) is 3.56. The molecule has 0 saturated heterocycles. The van der Waals surface area contributed by atoms with Crippen molar-refractivity contribution >= 4 is 11.3 Å². The summed E-state index contributed by atoms with van der Waals surface area (Å²) in [6.45, 7) is 4.25. The number of nitroso groups, excluding NO2 is 1. The van der Waals surface area contributed by atoms with Crippen molar-refractivity contribution in [2.45, 2.75) is 33.1 Å². The van der Waals surface area contributed by atoms with E-state index in [9.17, 15) is 4.91 Å². The Bertz CT molecular complexity index is 341. The number of hydrogen-bond acceptors (Lipinski definition) is 3. The molecule has 0 N–H and O–H groups in total. The van der Waals surface area contributed by atoms with Crippen LogP contribution in [0.5, 0.6) is 0 Å². The predicted molar refractivity (Wildman–Crippen MR) is 62.9 cm³/mol. The maximum Gasteiger partial charge on any atom is 0.126 e. The van der Waals surface area contributed by atoms with Crippen LogP contribution in [0, 0.1) is 4.91 Å². The van der Waals surface area contributed by atoms with Crippen LogP contribution in [-0.2, 0) is 0 Å². The molecule has 0 aliphatic carbocycles. The Kier molecular flexibility index (Phi) is 4.68. The predicted octanol–water partition coefficient (Wildman–Crippen LogP) is 4.07. The smallest absolute Gasteiger partial charge is 0.126 e. The maximum absolute atomic E-state index is 10.2. The van der Waals surface area contributed by atoms with Gasteiger partial charge in [-0.1, -0.05) is 26.3 Å². The molecule has 1 heterocycles. The van der Waals surface area contributed by atoms with Gasteiger partial charge in [0.25, 0.3) is 0 Å². The fourth-order valence-corrected chi connectivity index (χ4v) is 1.48. The second-order valence-electron chi connectivity index (χ2n) is 3.38. The molecule has 0 saturated carbocycles. The van der Waals surface area contributed by atoms with Crippen LogP contribution in [0.15, 0.2) is 29.6 Å². The van der Waals surface area contributed by atoms with Gasteiger partial charge in [0.15, 0.2) is 0 Å². The van der Waals surface area contributed by atoms with E-state index in [0.717, 1.165) is 25.0 Å². The van der Waals surface area contributed by atoms with Crippen molar-refractivity contribution in [2.75, 3.05) is 0 Å². The van der Waals surface area contributed by atoms with Crippen molar-refractivity contribution in [3.63, 3.8) is 0 Å². The van der Waals surface area contributed by atoms with Crippen LogP contribution in [0.3, 0.4) is 0 Å². The summed E-state index contributed by atoms with van der Waals surface area (Å²) in [5.41, 5.74) is 2.58. The van der Waals surface area contributed by atoms with E-state index in [2.05, 4.69) is 30.1 Å². The van der Waals surface area contributed by atoms with Gasteiger partial charge in [-0.25, -0.2) is 0 Å². The van der Waals surface area contributed by atoms with Crippen LogP contribution in [-0.4, -0.2) is 4.98 Å². The molecule has 0 atom stereocenters. The Labute approximate surface area is 90.2 Å². The minimum absolute atomic E-state index is 0.381. The molecular formula is C12H16N2O. The van der Waals surface area contributed by atoms with Crippen LogP contribution >= 0.6 is 0 Å². The van der Waals surface area contributed by atoms with Crippen LogP contribution in [0.4, 0.5) is 5.69 Å². The number of hydrogen-bond donors (Lipinski definition) is 0. The van der Waals surface area contributed by atoms with E-state index in [1.54, 1.807) is 6.07 Å². The Morgan fingerprint density at radius 3 is 2.73 bits per heavy atom. The summed E-state index contributed by atoms with van der Waals surface area (Å²) < 4.78 is 0. The zero-order valence-corrected chi connectivity index (χ0v) is 9.23. The normalized spacial score (nSPS) is 11.5. The molecule has 15 heavy (non-hydrogen) atoms. The van der Waals surface area contributed by atoms with Crippen molar-refractivity contribution in [1.82, 2.24) is 4.98 Å². The Hall–Kier alpha value is -1.51. The first-order valence-corrected chi connectivity index (χ1v) is 5.30. The number of pyridine rings is 1. The zero-order valence-electron chi connectivity index (χ0n) is 9.23. The van der Waals surface area contributed by atoms with Gasteiger partial charge < -0.3 is 0 Å². The first-order valence-electron chi connectivity index (χ1n) is 5.30. The second-order valence-corrected chi connectivity index (χ2v) is 3.38. The average molecular weight is 204 g/mol. The largest absolute Gasteiger partial charge is 0.254 e. The third-order valence-corrected chi connectivity index (χ3v) is 2.15. The first-order chi connectivity index (χ1) is 7.31. The molecular weight excluding hydrogens is 188 g/mol. The van der Waals surface area contributed by atoms with Gasteiger partial charge in [-0.15, -0.1) is 4.91 Å². The molecule has 0 aliphatic rings. The van der Waals surface area contributed by atoms with Crippen LogP contribution < -0.4 is 0 Å². The number of nitrogens with zero attached hydrogens (tertiary/aromatic N) is 2. The highest BCUT2D eigenvalue weighted by Gasteiger charge is 2.01. The monoisotopic (exact) mass is 204 g/mol. The van der Waals surface area contributed by atoms with Gasteiger partial charge in [-0.05, 0) is 35.7 Å². The molecule has 0 fully saturated rings. The molecule has 3 heteroatoms. The molecule has 0 bridgehead atoms. The second kappa shape index (κ2) is 6.06. The SMILES string of the molecule is CC/C=C(\CCC)c1ccc(N=O)cn1. The summed E-state index contributed by atoms with van der Waals surface area (Å²) in [6.07, 6.45) is 6.82. The third-order valence-electron chi connectivity index (χ3n) is 2.15. The van der Waals surface area contributed by atoms with Gasteiger partial charge >= 0.3 is 0 Å². The molecule has 1 rings (SSSR count). The first kappa shape index (κ1) is 11.6. The van der Waals surface area contributed by atoms with Gasteiger partial charge in [-0.3, -0.25) is 4.98 Å². The van der Waals surface area contributed by atoms with E-state index in [1.165, 1.54) is 11.8 Å². The van der Waals surface area contributed by atoms with Crippen molar-refractivity contribution in [1.29, 1.82) is 0 Å². The highest BCUT2D eigenvalue weighted by molar-refractivity contribution is 5.63. The molecule has 80 valence electrons. The van der Waals surface area contributed by atoms with E-state index in [4.69, 9.17) is 0 Å². The minimum Gasteiger partial charge on any atom is -0.254 e. The van der Waals surface area contributed by atoms with Gasteiger partial charge in [0.2, 0.25) is 0 Å². The lowest BCUT2D eigenvalue weighted by Crippen LogP contribution is -1.88. The Morgan fingerprint density at radius 2 is 2.27 bits per heavy atom. The molecule has 1 aromatic rings. The van der Waals surface area contributed by atoms with Crippen LogP contribution in [0.1, 0.15) is 38.8 Å². The quantitative estimate of drug-likeness (QED) is 0.678. The van der Waals surface area contributed by atoms with Gasteiger partial charge in [0.1, 0.15) is 5.69 Å². The maximum atomic E-state index is 10.2. The summed E-state index contributed by atoms with van der Waals surface area (Å²) in [5.74, 6) is 0. The standard InChI is InChI=1S/C12H16N2O/c1-3-5-10(6-4-2)12-8-7-11(14-15)9-13-12/h5,7-9H,3-4,6H2,1-2H3/b10-5+. The fourth-order valence-electron chi connectivity index (χ4n) is 1.48. The topological polar surface area (TPSA) is 42.3 Å². The molecule has 3 nitrogen and oxygen atoms in total. The van der Waals surface area contributed by atoms with E-state index in [1.807, 2.05) is 6.07 Å². The summed E-state index contributed by atoms with van der Waals surface area (Å²) in [7, 11) is 0. The molecule has 0 aromatic carbocycles. The summed E-state index contributed by atoms with van der Waals surface area (Å²) >= 11 is 0. The molecule has 0 spiro atoms. The highest BCUT2D eigenvalue weighted by atomic mass is 16.3. The van der Waals surface area contributed by atoms with Crippen molar-refractivity contribution < 1.29 is 0 Å². The minimum atomic E-state index is 0.381. The van der Waals surface area contributed by atoms with E-state index in [-0.39, 0.29) is 0 Å². The Balaban J connectivity index is 2.91. The van der Waals surface area contributed by atoms with Gasteiger partial charge in [0.05, 0.1) is 11.9 Å². The van der Waals surface area contributed by atoms with Crippen LogP contribution in [0.25, 0.3) is 5.57 Å². The lowest BCUT2D eigenvalue weighted by molar-refractivity contribution is 0.959. The zero-order chi connectivity index (χ0) is 11.1. The number of aromatic nitrogens is 1. The van der Waals surface area contributed by atoms with Crippen LogP contribution in [0.2, 0.25) is 0 Å². The van der Waals surface area contributed by atoms with Crippen molar-refractivity contribution in [2.24, 2.45) is 5.18 Å². The lowest BCUT2D eigenvalue weighted by Gasteiger charge is -2.04. The van der Waals surface area contributed by atoms with Crippen molar-refractivity contribution in [3.05, 3.63) is 35.0 Å². The van der Waals surface area contributed by atoms with Gasteiger partial charge in [-0.2, -0.15) is 0 Å². The van der Waals surface area contributed by atoms with E-state index in [0.29, 0.717) is 5.69 Å². The van der Waals surface area contributed by atoms with E-state index >= 15 is 0 Å². The van der Waals surface area contributed by atoms with E-state index < -0.39 is 0 Å². The van der Waals surface area contributed by atoms with Crippen molar-refractivity contribution in [3.8, 4) is 0 Å². The number of rotatable bonds is 5. The fraction of sp³-hybridized carbons (Fsp3) is 0.417. The summed E-state index contributed by atoms with van der Waals surface area (Å²) in [5, 5.41) is 2.83. The molecule has 0 aliphatic heterocycles. The lowest BCUT2D eigenvalue weighted by atomic mass is 10.1. The Morgan fingerprint density at radius 1 is 1.47 bits per heavy atom.